The van der Waals surface area contributed by atoms with Gasteiger partial charge in [-0.2, -0.15) is 0 Å². The second-order valence-corrected chi connectivity index (χ2v) is 4.54. The molecule has 0 aromatic heterocycles. The van der Waals surface area contributed by atoms with Crippen LogP contribution in [0.15, 0.2) is 0 Å². The third-order valence-corrected chi connectivity index (χ3v) is 2.99. The zero-order chi connectivity index (χ0) is 12.7. The second-order valence-electron chi connectivity index (χ2n) is 4.54. The van der Waals surface area contributed by atoms with Crippen molar-refractivity contribution in [2.45, 2.75) is 39.2 Å². The Labute approximate surface area is 103 Å². The molecule has 1 aliphatic rings. The fourth-order valence-electron chi connectivity index (χ4n) is 2.00. The van der Waals surface area contributed by atoms with Gasteiger partial charge >= 0.3 is 0 Å². The van der Waals surface area contributed by atoms with Crippen LogP contribution in [-0.2, 0) is 9.59 Å². The normalized spacial score (nSPS) is 17.6. The first-order chi connectivity index (χ1) is 8.11. The monoisotopic (exact) mass is 241 g/mol. The van der Waals surface area contributed by atoms with Crippen LogP contribution >= 0.6 is 0 Å². The van der Waals surface area contributed by atoms with Gasteiger partial charge < -0.3 is 15.5 Å². The molecule has 1 atom stereocenters. The molecule has 5 heteroatoms. The number of carbonyl (C=O) groups excluding carboxylic acids is 2. The Morgan fingerprint density at radius 1 is 1.18 bits per heavy atom. The zero-order valence-corrected chi connectivity index (χ0v) is 10.8. The minimum Gasteiger partial charge on any atom is -0.355 e. The van der Waals surface area contributed by atoms with E-state index in [9.17, 15) is 9.59 Å². The van der Waals surface area contributed by atoms with Crippen LogP contribution in [-0.4, -0.2) is 48.9 Å². The molecule has 2 amide bonds. The molecule has 0 aromatic rings. The molecule has 0 aliphatic carbocycles. The summed E-state index contributed by atoms with van der Waals surface area (Å²) in [6.45, 7) is 6.33. The van der Waals surface area contributed by atoms with Gasteiger partial charge in [0.1, 0.15) is 0 Å². The number of hydrogen-bond acceptors (Lipinski definition) is 3. The summed E-state index contributed by atoms with van der Waals surface area (Å²) < 4.78 is 0. The van der Waals surface area contributed by atoms with Gasteiger partial charge in [0.25, 0.3) is 0 Å². The lowest BCUT2D eigenvalue weighted by Crippen LogP contribution is -2.48. The molecule has 0 bridgehead atoms. The van der Waals surface area contributed by atoms with E-state index in [4.69, 9.17) is 0 Å². The molecule has 1 heterocycles. The van der Waals surface area contributed by atoms with Gasteiger partial charge in [-0.05, 0) is 26.2 Å². The van der Waals surface area contributed by atoms with E-state index < -0.39 is 0 Å². The third kappa shape index (κ3) is 5.17. The highest BCUT2D eigenvalue weighted by molar-refractivity contribution is 5.81. The molecule has 0 radical (unpaired) electrons. The van der Waals surface area contributed by atoms with E-state index in [-0.39, 0.29) is 17.9 Å². The Hall–Kier alpha value is -1.10. The van der Waals surface area contributed by atoms with E-state index >= 15 is 0 Å². The summed E-state index contributed by atoms with van der Waals surface area (Å²) in [7, 11) is 0. The molecule has 17 heavy (non-hydrogen) atoms. The number of piperidine rings is 1. The predicted octanol–water partition coefficient (Wildman–Crippen LogP) is 0.113. The lowest BCUT2D eigenvalue weighted by atomic mass is 10.1. The highest BCUT2D eigenvalue weighted by Gasteiger charge is 2.21. The summed E-state index contributed by atoms with van der Waals surface area (Å²) in [5, 5.41) is 5.82. The number of likely N-dealkylation sites (tertiary alicyclic amines) is 1. The van der Waals surface area contributed by atoms with Crippen LogP contribution in [0.2, 0.25) is 0 Å². The van der Waals surface area contributed by atoms with Gasteiger partial charge in [-0.15, -0.1) is 0 Å². The summed E-state index contributed by atoms with van der Waals surface area (Å²) >= 11 is 0. The molecule has 1 saturated heterocycles. The van der Waals surface area contributed by atoms with Gasteiger partial charge in [0.2, 0.25) is 11.8 Å². The topological polar surface area (TPSA) is 61.4 Å². The quantitative estimate of drug-likeness (QED) is 0.672. The molecule has 2 N–H and O–H groups in total. The SMILES string of the molecule is CC(=O)NCCNC(C)C(=O)N1CCCCC1. The van der Waals surface area contributed by atoms with Crippen molar-refractivity contribution in [2.75, 3.05) is 26.2 Å². The number of hydrogen-bond donors (Lipinski definition) is 2. The number of nitrogens with zero attached hydrogens (tertiary/aromatic N) is 1. The Balaban J connectivity index is 2.19. The summed E-state index contributed by atoms with van der Waals surface area (Å²) in [4.78, 5) is 24.6. The summed E-state index contributed by atoms with van der Waals surface area (Å²) in [5.41, 5.74) is 0. The van der Waals surface area contributed by atoms with Crippen LogP contribution < -0.4 is 10.6 Å². The maximum Gasteiger partial charge on any atom is 0.239 e. The van der Waals surface area contributed by atoms with Crippen LogP contribution in [0.4, 0.5) is 0 Å². The van der Waals surface area contributed by atoms with Crippen molar-refractivity contribution in [3.8, 4) is 0 Å². The van der Waals surface area contributed by atoms with Gasteiger partial charge in [0, 0.05) is 33.1 Å². The van der Waals surface area contributed by atoms with E-state index in [2.05, 4.69) is 10.6 Å². The van der Waals surface area contributed by atoms with Gasteiger partial charge in [-0.3, -0.25) is 9.59 Å². The molecule has 1 fully saturated rings. The molecular weight excluding hydrogens is 218 g/mol. The van der Waals surface area contributed by atoms with Crippen molar-refractivity contribution in [1.29, 1.82) is 0 Å². The van der Waals surface area contributed by atoms with Crippen LogP contribution in [0.25, 0.3) is 0 Å². The maximum atomic E-state index is 12.0. The summed E-state index contributed by atoms with van der Waals surface area (Å²) in [6.07, 6.45) is 3.46. The minimum atomic E-state index is -0.165. The lowest BCUT2D eigenvalue weighted by Gasteiger charge is -2.29. The van der Waals surface area contributed by atoms with E-state index in [1.807, 2.05) is 11.8 Å². The molecule has 1 rings (SSSR count). The number of carbonyl (C=O) groups is 2. The number of nitrogens with one attached hydrogen (secondary N) is 2. The molecule has 0 aromatic carbocycles. The van der Waals surface area contributed by atoms with E-state index in [1.54, 1.807) is 0 Å². The first kappa shape index (κ1) is 14.0. The second kappa shape index (κ2) is 7.27. The van der Waals surface area contributed by atoms with Crippen molar-refractivity contribution in [3.05, 3.63) is 0 Å². The summed E-state index contributed by atoms with van der Waals surface area (Å²) in [5.74, 6) is 0.134. The van der Waals surface area contributed by atoms with E-state index in [1.165, 1.54) is 13.3 Å². The molecule has 0 saturated carbocycles. The number of amides is 2. The predicted molar refractivity (Wildman–Crippen MR) is 66.6 cm³/mol. The van der Waals surface area contributed by atoms with Gasteiger partial charge in [-0.1, -0.05) is 0 Å². The van der Waals surface area contributed by atoms with Crippen LogP contribution in [0.5, 0.6) is 0 Å². The lowest BCUT2D eigenvalue weighted by molar-refractivity contribution is -0.133. The maximum absolute atomic E-state index is 12.0. The van der Waals surface area contributed by atoms with Gasteiger partial charge in [0.05, 0.1) is 6.04 Å². The van der Waals surface area contributed by atoms with Crippen molar-refractivity contribution < 1.29 is 9.59 Å². The standard InChI is InChI=1S/C12H23N3O2/c1-10(13-6-7-14-11(2)16)12(17)15-8-4-3-5-9-15/h10,13H,3-9H2,1-2H3,(H,14,16). The first-order valence-electron chi connectivity index (χ1n) is 6.38. The molecule has 1 unspecified atom stereocenters. The minimum absolute atomic E-state index is 0.0400. The Morgan fingerprint density at radius 2 is 1.82 bits per heavy atom. The van der Waals surface area contributed by atoms with E-state index in [0.29, 0.717) is 13.1 Å². The Kier molecular flexibility index (Phi) is 5.97. The van der Waals surface area contributed by atoms with Gasteiger partial charge in [-0.25, -0.2) is 0 Å². The molecule has 5 nitrogen and oxygen atoms in total. The van der Waals surface area contributed by atoms with Crippen molar-refractivity contribution >= 4 is 11.8 Å². The Morgan fingerprint density at radius 3 is 2.41 bits per heavy atom. The number of rotatable bonds is 5. The first-order valence-corrected chi connectivity index (χ1v) is 6.38. The Bertz CT molecular complexity index is 262. The largest absolute Gasteiger partial charge is 0.355 e. The van der Waals surface area contributed by atoms with Crippen LogP contribution in [0.1, 0.15) is 33.1 Å². The van der Waals surface area contributed by atoms with Crippen molar-refractivity contribution in [3.63, 3.8) is 0 Å². The molecule has 1 aliphatic heterocycles. The summed E-state index contributed by atoms with van der Waals surface area (Å²) in [6, 6.07) is -0.165. The van der Waals surface area contributed by atoms with Crippen molar-refractivity contribution in [2.24, 2.45) is 0 Å². The van der Waals surface area contributed by atoms with E-state index in [0.717, 1.165) is 25.9 Å². The zero-order valence-electron chi connectivity index (χ0n) is 10.8. The average Bonchev–Trinajstić information content (AvgIpc) is 2.34. The average molecular weight is 241 g/mol. The van der Waals surface area contributed by atoms with Crippen LogP contribution in [0.3, 0.4) is 0 Å². The van der Waals surface area contributed by atoms with Crippen LogP contribution in [0, 0.1) is 0 Å². The molecule has 98 valence electrons. The highest BCUT2D eigenvalue weighted by atomic mass is 16.2. The highest BCUT2D eigenvalue weighted by Crippen LogP contribution is 2.09. The smallest absolute Gasteiger partial charge is 0.239 e. The third-order valence-electron chi connectivity index (χ3n) is 2.99. The molecular formula is C12H23N3O2. The fourth-order valence-corrected chi connectivity index (χ4v) is 2.00. The van der Waals surface area contributed by atoms with Crippen molar-refractivity contribution in [1.82, 2.24) is 15.5 Å². The van der Waals surface area contributed by atoms with Gasteiger partial charge in [0.15, 0.2) is 0 Å². The molecule has 0 spiro atoms. The fraction of sp³-hybridized carbons (Fsp3) is 0.833.